The van der Waals surface area contributed by atoms with Crippen molar-refractivity contribution in [2.75, 3.05) is 13.4 Å². The number of aromatic nitrogens is 1. The van der Waals surface area contributed by atoms with E-state index in [0.717, 1.165) is 5.56 Å². The normalized spacial score (nSPS) is 12.0. The number of carbonyl (C=O) groups is 1. The van der Waals surface area contributed by atoms with Gasteiger partial charge < -0.3 is 24.1 Å². The fourth-order valence-corrected chi connectivity index (χ4v) is 2.53. The van der Waals surface area contributed by atoms with Gasteiger partial charge in [0.2, 0.25) is 6.79 Å². The zero-order valence-electron chi connectivity index (χ0n) is 14.1. The van der Waals surface area contributed by atoms with Gasteiger partial charge in [0, 0.05) is 11.6 Å². The van der Waals surface area contributed by atoms with Gasteiger partial charge in [-0.05, 0) is 30.3 Å². The lowest BCUT2D eigenvalue weighted by molar-refractivity contribution is -0.123. The lowest BCUT2D eigenvalue weighted by atomic mass is 10.1. The van der Waals surface area contributed by atoms with Gasteiger partial charge in [-0.25, -0.2) is 4.39 Å². The third kappa shape index (κ3) is 3.84. The van der Waals surface area contributed by atoms with Crippen LogP contribution in [0.2, 0.25) is 0 Å². The minimum absolute atomic E-state index is 0.0270. The average Bonchev–Trinajstić information content (AvgIpc) is 3.34. The summed E-state index contributed by atoms with van der Waals surface area (Å²) in [5, 5.41) is 6.57. The first-order valence-corrected chi connectivity index (χ1v) is 8.19. The number of carbonyl (C=O) groups excluding carboxylic acids is 1. The summed E-state index contributed by atoms with van der Waals surface area (Å²) in [7, 11) is 0. The second-order valence-electron chi connectivity index (χ2n) is 5.75. The van der Waals surface area contributed by atoms with Crippen molar-refractivity contribution in [3.05, 3.63) is 60.0 Å². The Hall–Kier alpha value is -3.55. The molecular weight excluding hydrogens is 355 g/mol. The van der Waals surface area contributed by atoms with Crippen molar-refractivity contribution in [3.8, 4) is 28.6 Å². The minimum atomic E-state index is -0.518. The third-order valence-electron chi connectivity index (χ3n) is 3.88. The van der Waals surface area contributed by atoms with E-state index in [1.54, 1.807) is 30.3 Å². The highest BCUT2D eigenvalue weighted by molar-refractivity contribution is 5.77. The van der Waals surface area contributed by atoms with Crippen LogP contribution in [0.5, 0.6) is 17.2 Å². The quantitative estimate of drug-likeness (QED) is 0.718. The number of benzene rings is 2. The summed E-state index contributed by atoms with van der Waals surface area (Å²) in [4.78, 5) is 11.9. The molecule has 138 valence electrons. The van der Waals surface area contributed by atoms with Crippen LogP contribution in [0.3, 0.4) is 0 Å². The van der Waals surface area contributed by atoms with Gasteiger partial charge in [0.05, 0.1) is 6.54 Å². The molecule has 1 amide bonds. The molecule has 0 saturated heterocycles. The number of rotatable bonds is 6. The molecule has 27 heavy (non-hydrogen) atoms. The van der Waals surface area contributed by atoms with E-state index in [1.165, 1.54) is 12.1 Å². The number of nitrogens with one attached hydrogen (secondary N) is 1. The zero-order chi connectivity index (χ0) is 18.6. The number of ether oxygens (including phenoxy) is 3. The third-order valence-corrected chi connectivity index (χ3v) is 3.88. The summed E-state index contributed by atoms with van der Waals surface area (Å²) in [5.74, 6) is 0.977. The molecule has 2 heterocycles. The Bertz CT molecular complexity index is 972. The number of hydrogen-bond acceptors (Lipinski definition) is 6. The largest absolute Gasteiger partial charge is 0.481 e. The molecule has 7 nitrogen and oxygen atoms in total. The molecule has 0 bridgehead atoms. The standard InChI is InChI=1S/C19H15FN2O5/c20-14-3-1-2-4-15(14)24-10-19(23)21-9-13-8-17(27-22-13)12-5-6-16-18(7-12)26-11-25-16/h1-8H,9-11H2,(H,21,23). The molecule has 1 N–H and O–H groups in total. The maximum Gasteiger partial charge on any atom is 0.258 e. The Labute approximate surface area is 153 Å². The second kappa shape index (κ2) is 7.36. The summed E-state index contributed by atoms with van der Waals surface area (Å²) < 4.78 is 34.5. The molecule has 0 spiro atoms. The number of nitrogens with zero attached hydrogens (tertiary/aromatic N) is 1. The number of para-hydroxylation sites is 1. The SMILES string of the molecule is O=C(COc1ccccc1F)NCc1cc(-c2ccc3c(c2)OCO3)on1. The first-order valence-electron chi connectivity index (χ1n) is 8.19. The summed E-state index contributed by atoms with van der Waals surface area (Å²) in [6.45, 7) is 0.0583. The van der Waals surface area contributed by atoms with Crippen LogP contribution in [0.4, 0.5) is 4.39 Å². The van der Waals surface area contributed by atoms with Crippen LogP contribution in [0, 0.1) is 5.82 Å². The molecule has 0 fully saturated rings. The Morgan fingerprint density at radius 1 is 1.15 bits per heavy atom. The second-order valence-corrected chi connectivity index (χ2v) is 5.75. The van der Waals surface area contributed by atoms with E-state index >= 15 is 0 Å². The van der Waals surface area contributed by atoms with Crippen molar-refractivity contribution >= 4 is 5.91 Å². The molecule has 8 heteroatoms. The highest BCUT2D eigenvalue weighted by atomic mass is 19.1. The van der Waals surface area contributed by atoms with Crippen LogP contribution in [0.15, 0.2) is 53.1 Å². The Kier molecular flexibility index (Phi) is 4.61. The molecule has 1 aliphatic rings. The molecule has 4 rings (SSSR count). The zero-order valence-corrected chi connectivity index (χ0v) is 14.1. The summed E-state index contributed by atoms with van der Waals surface area (Å²) >= 11 is 0. The Morgan fingerprint density at radius 3 is 2.89 bits per heavy atom. The van der Waals surface area contributed by atoms with Gasteiger partial charge in [-0.15, -0.1) is 0 Å². The molecule has 0 radical (unpaired) electrons. The van der Waals surface area contributed by atoms with Crippen LogP contribution in [0.1, 0.15) is 5.69 Å². The van der Waals surface area contributed by atoms with E-state index in [2.05, 4.69) is 10.5 Å². The number of fused-ring (bicyclic) bond motifs is 1. The predicted octanol–water partition coefficient (Wildman–Crippen LogP) is 2.90. The van der Waals surface area contributed by atoms with Crippen LogP contribution >= 0.6 is 0 Å². The molecule has 1 aliphatic heterocycles. The van der Waals surface area contributed by atoms with E-state index < -0.39 is 11.7 Å². The van der Waals surface area contributed by atoms with Gasteiger partial charge in [-0.1, -0.05) is 17.3 Å². The van der Waals surface area contributed by atoms with E-state index in [9.17, 15) is 9.18 Å². The lowest BCUT2D eigenvalue weighted by Gasteiger charge is -2.06. The van der Waals surface area contributed by atoms with E-state index in [-0.39, 0.29) is 25.7 Å². The molecular formula is C19H15FN2O5. The van der Waals surface area contributed by atoms with Crippen molar-refractivity contribution in [2.45, 2.75) is 6.54 Å². The highest BCUT2D eigenvalue weighted by Crippen LogP contribution is 2.35. The van der Waals surface area contributed by atoms with Gasteiger partial charge in [-0.3, -0.25) is 4.79 Å². The lowest BCUT2D eigenvalue weighted by Crippen LogP contribution is -2.28. The first kappa shape index (κ1) is 16.9. The van der Waals surface area contributed by atoms with Crippen molar-refractivity contribution in [3.63, 3.8) is 0 Å². The van der Waals surface area contributed by atoms with E-state index in [0.29, 0.717) is 23.0 Å². The van der Waals surface area contributed by atoms with Crippen LogP contribution in [-0.4, -0.2) is 24.5 Å². The molecule has 0 saturated carbocycles. The van der Waals surface area contributed by atoms with Crippen LogP contribution < -0.4 is 19.5 Å². The molecule has 0 unspecified atom stereocenters. The topological polar surface area (TPSA) is 82.8 Å². The fraction of sp³-hybridized carbons (Fsp3) is 0.158. The van der Waals surface area contributed by atoms with E-state index in [1.807, 2.05) is 6.07 Å². The van der Waals surface area contributed by atoms with Gasteiger partial charge >= 0.3 is 0 Å². The summed E-state index contributed by atoms with van der Waals surface area (Å²) in [6, 6.07) is 13.0. The molecule has 0 aliphatic carbocycles. The fourth-order valence-electron chi connectivity index (χ4n) is 2.53. The molecule has 0 atom stereocenters. The maximum atomic E-state index is 13.4. The number of amides is 1. The summed E-state index contributed by atoms with van der Waals surface area (Å²) in [5.41, 5.74) is 1.33. The number of halogens is 1. The van der Waals surface area contributed by atoms with Crippen molar-refractivity contribution in [1.29, 1.82) is 0 Å². The molecule has 3 aromatic rings. The monoisotopic (exact) mass is 370 g/mol. The van der Waals surface area contributed by atoms with Gasteiger partial charge in [0.25, 0.3) is 5.91 Å². The maximum absolute atomic E-state index is 13.4. The smallest absolute Gasteiger partial charge is 0.258 e. The average molecular weight is 370 g/mol. The van der Waals surface area contributed by atoms with Crippen LogP contribution in [0.25, 0.3) is 11.3 Å². The van der Waals surface area contributed by atoms with Crippen LogP contribution in [-0.2, 0) is 11.3 Å². The first-order chi connectivity index (χ1) is 13.2. The predicted molar refractivity (Wildman–Crippen MR) is 91.8 cm³/mol. The Morgan fingerprint density at radius 2 is 2.00 bits per heavy atom. The summed E-state index contributed by atoms with van der Waals surface area (Å²) in [6.07, 6.45) is 0. The minimum Gasteiger partial charge on any atom is -0.481 e. The van der Waals surface area contributed by atoms with Gasteiger partial charge in [-0.2, -0.15) is 0 Å². The Balaban J connectivity index is 1.32. The molecule has 1 aromatic heterocycles. The van der Waals surface area contributed by atoms with Gasteiger partial charge in [0.1, 0.15) is 5.69 Å². The van der Waals surface area contributed by atoms with Crippen molar-refractivity contribution < 1.29 is 27.9 Å². The van der Waals surface area contributed by atoms with E-state index in [4.69, 9.17) is 18.7 Å². The van der Waals surface area contributed by atoms with Crippen molar-refractivity contribution in [2.24, 2.45) is 0 Å². The highest BCUT2D eigenvalue weighted by Gasteiger charge is 2.16. The van der Waals surface area contributed by atoms with Gasteiger partial charge in [0.15, 0.2) is 35.4 Å². The molecule has 2 aromatic carbocycles. The van der Waals surface area contributed by atoms with Crippen molar-refractivity contribution in [1.82, 2.24) is 10.5 Å². The number of hydrogen-bond donors (Lipinski definition) is 1.